The van der Waals surface area contributed by atoms with Gasteiger partial charge in [-0.2, -0.15) is 0 Å². The fourth-order valence-electron chi connectivity index (χ4n) is 3.87. The fourth-order valence-corrected chi connectivity index (χ4v) is 3.87. The number of furan rings is 1. The van der Waals surface area contributed by atoms with Crippen molar-refractivity contribution in [3.05, 3.63) is 88.9 Å². The fraction of sp³-hybridized carbons (Fsp3) is 0.231. The van der Waals surface area contributed by atoms with Crippen LogP contribution in [0.25, 0.3) is 5.76 Å². The lowest BCUT2D eigenvalue weighted by Crippen LogP contribution is -2.29. The van der Waals surface area contributed by atoms with Gasteiger partial charge in [0, 0.05) is 11.3 Å². The molecule has 1 aliphatic rings. The Balaban J connectivity index is 1.85. The van der Waals surface area contributed by atoms with Gasteiger partial charge in [0.1, 0.15) is 29.1 Å². The Morgan fingerprint density at radius 1 is 1.03 bits per heavy atom. The molecule has 4 rings (SSSR count). The van der Waals surface area contributed by atoms with E-state index in [2.05, 4.69) is 0 Å². The van der Waals surface area contributed by atoms with Crippen molar-refractivity contribution < 1.29 is 23.8 Å². The molecule has 1 saturated heterocycles. The number of benzene rings is 2. The third-order valence-electron chi connectivity index (χ3n) is 5.25. The molecular formula is C26H25NO5. The van der Waals surface area contributed by atoms with Gasteiger partial charge in [0.2, 0.25) is 0 Å². The van der Waals surface area contributed by atoms with Gasteiger partial charge in [-0.05, 0) is 81.8 Å². The second-order valence-electron chi connectivity index (χ2n) is 8.15. The minimum Gasteiger partial charge on any atom is -0.507 e. The Bertz CT molecular complexity index is 1200. The van der Waals surface area contributed by atoms with Crippen LogP contribution in [-0.2, 0) is 9.59 Å². The number of carbonyl (C=O) groups excluding carboxylic acids is 2. The zero-order chi connectivity index (χ0) is 23.0. The molecule has 0 bridgehead atoms. The van der Waals surface area contributed by atoms with Gasteiger partial charge in [0.25, 0.3) is 11.7 Å². The number of hydrogen-bond donors (Lipinski definition) is 1. The maximum atomic E-state index is 13.1. The second-order valence-corrected chi connectivity index (χ2v) is 8.15. The summed E-state index contributed by atoms with van der Waals surface area (Å²) >= 11 is 0. The van der Waals surface area contributed by atoms with Crippen LogP contribution in [0.15, 0.2) is 70.7 Å². The lowest BCUT2D eigenvalue weighted by Gasteiger charge is -2.23. The van der Waals surface area contributed by atoms with E-state index in [0.29, 0.717) is 28.5 Å². The summed E-state index contributed by atoms with van der Waals surface area (Å²) in [6, 6.07) is 16.7. The number of amides is 1. The normalized spacial score (nSPS) is 17.9. The molecule has 1 fully saturated rings. The Kier molecular flexibility index (Phi) is 5.61. The van der Waals surface area contributed by atoms with Crippen LogP contribution in [-0.4, -0.2) is 22.9 Å². The average Bonchev–Trinajstić information content (AvgIpc) is 3.29. The van der Waals surface area contributed by atoms with Gasteiger partial charge >= 0.3 is 0 Å². The predicted octanol–water partition coefficient (Wildman–Crippen LogP) is 5.31. The highest BCUT2D eigenvalue weighted by molar-refractivity contribution is 6.51. The number of nitrogens with zero attached hydrogens (tertiary/aromatic N) is 1. The molecule has 0 spiro atoms. The molecule has 0 aliphatic carbocycles. The molecule has 6 nitrogen and oxygen atoms in total. The van der Waals surface area contributed by atoms with E-state index >= 15 is 0 Å². The minimum absolute atomic E-state index is 0.0105. The highest BCUT2D eigenvalue weighted by Crippen LogP contribution is 2.42. The molecular weight excluding hydrogens is 406 g/mol. The molecule has 2 aromatic carbocycles. The first kappa shape index (κ1) is 21.4. The van der Waals surface area contributed by atoms with E-state index < -0.39 is 17.7 Å². The van der Waals surface area contributed by atoms with Crippen molar-refractivity contribution in [2.24, 2.45) is 0 Å². The molecule has 164 valence electrons. The summed E-state index contributed by atoms with van der Waals surface area (Å²) < 4.78 is 11.5. The molecule has 3 aromatic rings. The largest absolute Gasteiger partial charge is 0.507 e. The Labute approximate surface area is 186 Å². The van der Waals surface area contributed by atoms with Gasteiger partial charge in [-0.15, -0.1) is 0 Å². The van der Waals surface area contributed by atoms with E-state index in [1.807, 2.05) is 39.0 Å². The predicted molar refractivity (Wildman–Crippen MR) is 122 cm³/mol. The molecule has 6 heteroatoms. The van der Waals surface area contributed by atoms with Crippen molar-refractivity contribution in [1.82, 2.24) is 0 Å². The van der Waals surface area contributed by atoms with Crippen LogP contribution in [0.1, 0.15) is 42.5 Å². The number of ketones is 1. The van der Waals surface area contributed by atoms with Crippen molar-refractivity contribution in [3.63, 3.8) is 0 Å². The number of aryl methyl sites for hydroxylation is 2. The van der Waals surface area contributed by atoms with Crippen molar-refractivity contribution in [2.45, 2.75) is 39.8 Å². The maximum absolute atomic E-state index is 13.1. The molecule has 0 radical (unpaired) electrons. The topological polar surface area (TPSA) is 80.0 Å². The second kappa shape index (κ2) is 8.38. The summed E-state index contributed by atoms with van der Waals surface area (Å²) in [4.78, 5) is 27.6. The Morgan fingerprint density at radius 3 is 2.34 bits per heavy atom. The lowest BCUT2D eigenvalue weighted by atomic mass is 9.99. The minimum atomic E-state index is -0.878. The van der Waals surface area contributed by atoms with Gasteiger partial charge in [-0.1, -0.05) is 12.1 Å². The molecule has 1 amide bonds. The molecule has 1 aromatic heterocycles. The van der Waals surface area contributed by atoms with E-state index in [0.717, 1.165) is 5.56 Å². The summed E-state index contributed by atoms with van der Waals surface area (Å²) in [7, 11) is 0. The summed E-state index contributed by atoms with van der Waals surface area (Å²) in [5, 5.41) is 11.1. The number of rotatable bonds is 5. The molecule has 1 unspecified atom stereocenters. The molecule has 0 saturated carbocycles. The maximum Gasteiger partial charge on any atom is 0.300 e. The lowest BCUT2D eigenvalue weighted by molar-refractivity contribution is -0.132. The van der Waals surface area contributed by atoms with Gasteiger partial charge in [-0.3, -0.25) is 14.5 Å². The summed E-state index contributed by atoms with van der Waals surface area (Å²) in [6.45, 7) is 7.54. The number of aliphatic hydroxyl groups is 1. The van der Waals surface area contributed by atoms with Crippen LogP contribution in [0.2, 0.25) is 0 Å². The smallest absolute Gasteiger partial charge is 0.300 e. The molecule has 32 heavy (non-hydrogen) atoms. The zero-order valence-corrected chi connectivity index (χ0v) is 18.5. The summed E-state index contributed by atoms with van der Waals surface area (Å²) in [5.74, 6) is -0.0281. The van der Waals surface area contributed by atoms with Crippen molar-refractivity contribution in [3.8, 4) is 5.75 Å². The van der Waals surface area contributed by atoms with Crippen molar-refractivity contribution >= 4 is 23.1 Å². The number of aliphatic hydroxyl groups excluding tert-OH is 1. The van der Waals surface area contributed by atoms with Crippen LogP contribution in [0.3, 0.4) is 0 Å². The van der Waals surface area contributed by atoms with Crippen LogP contribution < -0.4 is 9.64 Å². The first-order valence-corrected chi connectivity index (χ1v) is 10.5. The monoisotopic (exact) mass is 431 g/mol. The SMILES string of the molecule is Cc1cccc(N2C(=O)C(=O)/C(=C(\O)c3ccc(OC(C)C)cc3)C2c2ccc(C)o2)c1. The number of carbonyl (C=O) groups is 2. The standard InChI is InChI=1S/C26H25NO5/c1-15(2)31-20-11-9-18(10-12-20)24(28)22-23(21-13-8-17(4)32-21)27(26(30)25(22)29)19-7-5-6-16(3)14-19/h5-15,23,28H,1-4H3/b24-22-. The molecule has 1 atom stereocenters. The van der Waals surface area contributed by atoms with Crippen LogP contribution >= 0.6 is 0 Å². The van der Waals surface area contributed by atoms with E-state index in [-0.39, 0.29) is 17.4 Å². The van der Waals surface area contributed by atoms with E-state index in [1.165, 1.54) is 4.90 Å². The van der Waals surface area contributed by atoms with Crippen LogP contribution in [0.4, 0.5) is 5.69 Å². The van der Waals surface area contributed by atoms with E-state index in [1.54, 1.807) is 49.4 Å². The number of Topliss-reactive ketones (excluding diaryl/α,β-unsaturated/α-hetero) is 1. The number of ether oxygens (including phenoxy) is 1. The average molecular weight is 431 g/mol. The third kappa shape index (κ3) is 3.91. The van der Waals surface area contributed by atoms with Gasteiger partial charge < -0.3 is 14.3 Å². The molecule has 1 aliphatic heterocycles. The van der Waals surface area contributed by atoms with Crippen LogP contribution in [0, 0.1) is 13.8 Å². The Morgan fingerprint density at radius 2 is 1.75 bits per heavy atom. The molecule has 1 N–H and O–H groups in total. The van der Waals surface area contributed by atoms with Crippen LogP contribution in [0.5, 0.6) is 5.75 Å². The highest BCUT2D eigenvalue weighted by Gasteiger charge is 2.48. The van der Waals surface area contributed by atoms with Crippen molar-refractivity contribution in [2.75, 3.05) is 4.90 Å². The first-order valence-electron chi connectivity index (χ1n) is 10.5. The van der Waals surface area contributed by atoms with E-state index in [4.69, 9.17) is 9.15 Å². The zero-order valence-electron chi connectivity index (χ0n) is 18.5. The highest BCUT2D eigenvalue weighted by atomic mass is 16.5. The van der Waals surface area contributed by atoms with Crippen molar-refractivity contribution in [1.29, 1.82) is 0 Å². The van der Waals surface area contributed by atoms with E-state index in [9.17, 15) is 14.7 Å². The first-order chi connectivity index (χ1) is 15.3. The summed E-state index contributed by atoms with van der Waals surface area (Å²) in [6.07, 6.45) is 0.0105. The summed E-state index contributed by atoms with van der Waals surface area (Å²) in [5.41, 5.74) is 1.91. The quantitative estimate of drug-likeness (QED) is 0.336. The number of hydrogen-bond acceptors (Lipinski definition) is 5. The molecule has 2 heterocycles. The van der Waals surface area contributed by atoms with Gasteiger partial charge in [0.15, 0.2) is 0 Å². The third-order valence-corrected chi connectivity index (χ3v) is 5.25. The van der Waals surface area contributed by atoms with Gasteiger partial charge in [0.05, 0.1) is 11.7 Å². The van der Waals surface area contributed by atoms with Gasteiger partial charge in [-0.25, -0.2) is 0 Å². The Hall–Kier alpha value is -3.80. The number of anilines is 1.